The van der Waals surface area contributed by atoms with Crippen LogP contribution < -0.4 is 0 Å². The molecule has 0 aromatic rings. The molecule has 3 fully saturated rings. The van der Waals surface area contributed by atoms with Crippen LogP contribution in [0.4, 0.5) is 0 Å². The van der Waals surface area contributed by atoms with Crippen LogP contribution in [0.15, 0.2) is 0 Å². The Balaban J connectivity index is 1.97. The Morgan fingerprint density at radius 3 is 1.95 bits per heavy atom. The molecule has 0 aromatic heterocycles. The highest BCUT2D eigenvalue weighted by Gasteiger charge is 2.70. The van der Waals surface area contributed by atoms with Crippen molar-refractivity contribution < 1.29 is 5.11 Å². The van der Waals surface area contributed by atoms with Crippen molar-refractivity contribution in [2.45, 2.75) is 78.7 Å². The van der Waals surface area contributed by atoms with Crippen molar-refractivity contribution in [2.24, 2.45) is 34.5 Å². The van der Waals surface area contributed by atoms with Gasteiger partial charge in [0, 0.05) is 0 Å². The van der Waals surface area contributed by atoms with Crippen LogP contribution in [0.1, 0.15) is 73.1 Å². The lowest BCUT2D eigenvalue weighted by Crippen LogP contribution is -2.60. The molecule has 110 valence electrons. The van der Waals surface area contributed by atoms with Gasteiger partial charge in [-0.15, -0.1) is 0 Å². The van der Waals surface area contributed by atoms with Gasteiger partial charge >= 0.3 is 0 Å². The zero-order valence-corrected chi connectivity index (χ0v) is 13.5. The lowest BCUT2D eigenvalue weighted by Gasteiger charge is -2.57. The van der Waals surface area contributed by atoms with E-state index >= 15 is 0 Å². The number of hydrogen-bond acceptors (Lipinski definition) is 1. The Morgan fingerprint density at radius 1 is 0.895 bits per heavy atom. The van der Waals surface area contributed by atoms with Crippen molar-refractivity contribution >= 4 is 0 Å². The van der Waals surface area contributed by atoms with Crippen molar-refractivity contribution in [3.8, 4) is 0 Å². The van der Waals surface area contributed by atoms with E-state index in [0.29, 0.717) is 5.92 Å². The Bertz CT molecular complexity index is 357. The predicted molar refractivity (Wildman–Crippen MR) is 79.8 cm³/mol. The Hall–Kier alpha value is -0.0400. The fourth-order valence-corrected chi connectivity index (χ4v) is 6.60. The number of rotatable bonds is 1. The van der Waals surface area contributed by atoms with Crippen LogP contribution in [0.25, 0.3) is 0 Å². The number of hydrogen-bond donors (Lipinski definition) is 1. The monoisotopic (exact) mass is 264 g/mol. The summed E-state index contributed by atoms with van der Waals surface area (Å²) in [6, 6.07) is 0. The van der Waals surface area contributed by atoms with Gasteiger partial charge in [-0.1, -0.05) is 34.6 Å². The molecule has 0 radical (unpaired) electrons. The molecule has 1 N–H and O–H groups in total. The molecule has 0 aromatic carbocycles. The molecule has 5 atom stereocenters. The van der Waals surface area contributed by atoms with E-state index in [2.05, 4.69) is 34.6 Å². The minimum Gasteiger partial charge on any atom is -0.388 e. The van der Waals surface area contributed by atoms with Gasteiger partial charge in [0.25, 0.3) is 0 Å². The second-order valence-corrected chi connectivity index (χ2v) is 9.10. The summed E-state index contributed by atoms with van der Waals surface area (Å²) in [6.07, 6.45) is 7.68. The van der Waals surface area contributed by atoms with E-state index in [1.807, 2.05) is 0 Å². The third kappa shape index (κ3) is 1.63. The van der Waals surface area contributed by atoms with Crippen LogP contribution >= 0.6 is 0 Å². The molecule has 3 rings (SSSR count). The molecule has 1 heteroatoms. The number of aliphatic hydroxyl groups is 1. The average molecular weight is 264 g/mol. The van der Waals surface area contributed by atoms with E-state index in [1.54, 1.807) is 0 Å². The van der Waals surface area contributed by atoms with Crippen LogP contribution in [0.3, 0.4) is 0 Å². The largest absolute Gasteiger partial charge is 0.388 e. The third-order valence-electron chi connectivity index (χ3n) is 7.43. The van der Waals surface area contributed by atoms with E-state index < -0.39 is 5.60 Å². The normalized spacial score (nSPS) is 56.5. The summed E-state index contributed by atoms with van der Waals surface area (Å²) in [5.74, 6) is 2.85. The second kappa shape index (κ2) is 4.00. The summed E-state index contributed by atoms with van der Waals surface area (Å²) in [6.45, 7) is 11.9. The molecule has 5 unspecified atom stereocenters. The first kappa shape index (κ1) is 13.9. The van der Waals surface area contributed by atoms with Gasteiger partial charge in [0.1, 0.15) is 0 Å². The second-order valence-electron chi connectivity index (χ2n) is 9.10. The minimum absolute atomic E-state index is 0.113. The zero-order valence-electron chi connectivity index (χ0n) is 13.5. The molecule has 0 spiro atoms. The molecule has 0 amide bonds. The van der Waals surface area contributed by atoms with Crippen molar-refractivity contribution in [3.63, 3.8) is 0 Å². The molecule has 2 bridgehead atoms. The zero-order chi connectivity index (χ0) is 14.1. The minimum atomic E-state index is -0.425. The van der Waals surface area contributed by atoms with E-state index in [4.69, 9.17) is 0 Å². The van der Waals surface area contributed by atoms with Crippen molar-refractivity contribution in [1.29, 1.82) is 0 Å². The summed E-state index contributed by atoms with van der Waals surface area (Å²) in [7, 11) is 0. The van der Waals surface area contributed by atoms with Gasteiger partial charge in [-0.3, -0.25) is 0 Å². The van der Waals surface area contributed by atoms with Crippen molar-refractivity contribution in [1.82, 2.24) is 0 Å². The summed E-state index contributed by atoms with van der Waals surface area (Å²) >= 11 is 0. The van der Waals surface area contributed by atoms with Gasteiger partial charge in [0.05, 0.1) is 5.60 Å². The molecular weight excluding hydrogens is 232 g/mol. The molecule has 0 aliphatic heterocycles. The highest BCUT2D eigenvalue weighted by atomic mass is 16.3. The Labute approximate surface area is 119 Å². The molecule has 0 heterocycles. The molecule has 0 saturated heterocycles. The van der Waals surface area contributed by atoms with Crippen LogP contribution in [0, 0.1) is 34.5 Å². The maximum atomic E-state index is 11.8. The van der Waals surface area contributed by atoms with Gasteiger partial charge in [-0.05, 0) is 73.0 Å². The van der Waals surface area contributed by atoms with E-state index in [-0.39, 0.29) is 10.8 Å². The quantitative estimate of drug-likeness (QED) is 0.731. The van der Waals surface area contributed by atoms with Crippen LogP contribution in [-0.4, -0.2) is 10.7 Å². The van der Waals surface area contributed by atoms with Gasteiger partial charge in [-0.25, -0.2) is 0 Å². The van der Waals surface area contributed by atoms with Crippen molar-refractivity contribution in [2.75, 3.05) is 0 Å². The maximum Gasteiger partial charge on any atom is 0.0782 e. The highest BCUT2D eigenvalue weighted by molar-refractivity contribution is 5.20. The van der Waals surface area contributed by atoms with E-state index in [9.17, 15) is 5.11 Å². The first-order valence-electron chi connectivity index (χ1n) is 8.43. The summed E-state index contributed by atoms with van der Waals surface area (Å²) in [5.41, 5.74) is -0.129. The SMILES string of the molecule is CC1CC(C)CC(C2(O)C3(C)CCC(C3)C2(C)C)C1. The number of fused-ring (bicyclic) bond motifs is 2. The maximum absolute atomic E-state index is 11.8. The first-order valence-corrected chi connectivity index (χ1v) is 8.43. The molecule has 3 aliphatic rings. The van der Waals surface area contributed by atoms with Crippen LogP contribution in [0.5, 0.6) is 0 Å². The highest BCUT2D eigenvalue weighted by Crippen LogP contribution is 2.71. The topological polar surface area (TPSA) is 20.2 Å². The lowest BCUT2D eigenvalue weighted by molar-refractivity contribution is -0.193. The lowest BCUT2D eigenvalue weighted by atomic mass is 9.52. The molecule has 19 heavy (non-hydrogen) atoms. The van der Waals surface area contributed by atoms with Gasteiger partial charge in [0.2, 0.25) is 0 Å². The standard InChI is InChI=1S/C18H32O/c1-12-8-13(2)10-15(9-12)18(19)16(3,4)14-6-7-17(18,5)11-14/h12-15,19H,6-11H2,1-5H3. The average Bonchev–Trinajstić information content (AvgIpc) is 2.75. The van der Waals surface area contributed by atoms with Crippen LogP contribution in [-0.2, 0) is 0 Å². The predicted octanol–water partition coefficient (Wildman–Crippen LogP) is 4.64. The molecule has 3 aliphatic carbocycles. The molecular formula is C18H32O. The molecule has 1 nitrogen and oxygen atoms in total. The van der Waals surface area contributed by atoms with E-state index in [0.717, 1.165) is 17.8 Å². The van der Waals surface area contributed by atoms with Gasteiger partial charge in [0.15, 0.2) is 0 Å². The van der Waals surface area contributed by atoms with Gasteiger partial charge < -0.3 is 5.11 Å². The fraction of sp³-hybridized carbons (Fsp3) is 1.00. The summed E-state index contributed by atoms with van der Waals surface area (Å²) in [5, 5.41) is 11.8. The Kier molecular flexibility index (Phi) is 2.93. The van der Waals surface area contributed by atoms with Gasteiger partial charge in [-0.2, -0.15) is 0 Å². The van der Waals surface area contributed by atoms with Crippen LogP contribution in [0.2, 0.25) is 0 Å². The third-order valence-corrected chi connectivity index (χ3v) is 7.43. The summed E-state index contributed by atoms with van der Waals surface area (Å²) < 4.78 is 0. The summed E-state index contributed by atoms with van der Waals surface area (Å²) in [4.78, 5) is 0. The fourth-order valence-electron chi connectivity index (χ4n) is 6.60. The molecule has 3 saturated carbocycles. The smallest absolute Gasteiger partial charge is 0.0782 e. The first-order chi connectivity index (χ1) is 8.71. The Morgan fingerprint density at radius 2 is 1.47 bits per heavy atom. The van der Waals surface area contributed by atoms with E-state index in [1.165, 1.54) is 38.5 Å². The van der Waals surface area contributed by atoms with Crippen molar-refractivity contribution in [3.05, 3.63) is 0 Å².